The quantitative estimate of drug-likeness (QED) is 0.549. The summed E-state index contributed by atoms with van der Waals surface area (Å²) in [6.07, 6.45) is 0. The lowest BCUT2D eigenvalue weighted by Gasteiger charge is -2.17. The van der Waals surface area contributed by atoms with Crippen molar-refractivity contribution in [3.63, 3.8) is 0 Å². The van der Waals surface area contributed by atoms with E-state index in [-0.39, 0.29) is 17.9 Å². The van der Waals surface area contributed by atoms with Crippen molar-refractivity contribution in [3.8, 4) is 11.4 Å². The largest absolute Gasteiger partial charge is 0.339 e. The van der Waals surface area contributed by atoms with E-state index in [4.69, 9.17) is 4.52 Å². The molecule has 7 nitrogen and oxygen atoms in total. The van der Waals surface area contributed by atoms with Crippen molar-refractivity contribution in [3.05, 3.63) is 52.9 Å². The molecule has 1 amide bonds. The number of thiophene rings is 1. The molecule has 1 aromatic carbocycles. The summed E-state index contributed by atoms with van der Waals surface area (Å²) in [5.41, 5.74) is 1.79. The number of carbonyl (C=O) groups is 1. The van der Waals surface area contributed by atoms with Crippen LogP contribution in [0, 0.1) is 12.8 Å². The minimum Gasteiger partial charge on any atom is -0.339 e. The van der Waals surface area contributed by atoms with Gasteiger partial charge in [-0.15, -0.1) is 11.3 Å². The molecular weight excluding hydrogens is 374 g/mol. The van der Waals surface area contributed by atoms with E-state index in [1.54, 1.807) is 4.68 Å². The molecule has 1 N–H and O–H groups in total. The van der Waals surface area contributed by atoms with E-state index in [2.05, 4.69) is 20.6 Å². The summed E-state index contributed by atoms with van der Waals surface area (Å²) in [6, 6.07) is 11.1. The van der Waals surface area contributed by atoms with Crippen LogP contribution in [0.5, 0.6) is 0 Å². The molecule has 4 aromatic rings. The molecule has 144 valence electrons. The SMILES string of the molecule is Cc1nn(C)c2sc(C(=O)N[C@H](c3nc(-c4ccccc4)no3)C(C)C)cc12. The summed E-state index contributed by atoms with van der Waals surface area (Å²) in [6.45, 7) is 5.96. The molecule has 3 aromatic heterocycles. The van der Waals surface area contributed by atoms with E-state index in [0.29, 0.717) is 16.6 Å². The third-order valence-corrected chi connectivity index (χ3v) is 5.81. The maximum atomic E-state index is 12.9. The minimum atomic E-state index is -0.373. The Morgan fingerprint density at radius 2 is 2.00 bits per heavy atom. The number of nitrogens with zero attached hydrogens (tertiary/aromatic N) is 4. The first-order chi connectivity index (χ1) is 13.4. The maximum absolute atomic E-state index is 12.9. The topological polar surface area (TPSA) is 85.8 Å². The molecule has 0 saturated heterocycles. The van der Waals surface area contributed by atoms with Crippen molar-refractivity contribution >= 4 is 27.5 Å². The number of hydrogen-bond donors (Lipinski definition) is 1. The monoisotopic (exact) mass is 395 g/mol. The number of hydrogen-bond acceptors (Lipinski definition) is 6. The molecule has 0 fully saturated rings. The molecule has 0 bridgehead atoms. The predicted molar refractivity (Wildman–Crippen MR) is 108 cm³/mol. The molecule has 1 atom stereocenters. The Morgan fingerprint density at radius 1 is 1.25 bits per heavy atom. The molecule has 8 heteroatoms. The third-order valence-electron chi connectivity index (χ3n) is 4.61. The normalized spacial score (nSPS) is 12.6. The summed E-state index contributed by atoms with van der Waals surface area (Å²) in [4.78, 5) is 19.0. The van der Waals surface area contributed by atoms with Crippen LogP contribution >= 0.6 is 11.3 Å². The highest BCUT2D eigenvalue weighted by atomic mass is 32.1. The number of benzene rings is 1. The van der Waals surface area contributed by atoms with Crippen LogP contribution in [0.4, 0.5) is 0 Å². The number of aromatic nitrogens is 4. The van der Waals surface area contributed by atoms with Gasteiger partial charge < -0.3 is 9.84 Å². The molecule has 0 unspecified atom stereocenters. The highest BCUT2D eigenvalue weighted by Crippen LogP contribution is 2.29. The van der Waals surface area contributed by atoms with Crippen LogP contribution in [0.2, 0.25) is 0 Å². The van der Waals surface area contributed by atoms with Crippen LogP contribution in [0.3, 0.4) is 0 Å². The Labute approximate surface area is 166 Å². The van der Waals surface area contributed by atoms with Crippen LogP contribution in [-0.2, 0) is 7.05 Å². The molecule has 0 radical (unpaired) electrons. The molecular formula is C20H21N5O2S. The lowest BCUT2D eigenvalue weighted by atomic mass is 10.0. The standard InChI is InChI=1S/C20H21N5O2S/c1-11(2)16(19-22-17(24-27-19)13-8-6-5-7-9-13)21-18(26)15-10-14-12(3)23-25(4)20(14)28-15/h5-11,16H,1-4H3,(H,21,26)/t16-/m0/s1. The summed E-state index contributed by atoms with van der Waals surface area (Å²) in [5, 5.41) is 12.5. The summed E-state index contributed by atoms with van der Waals surface area (Å²) in [5.74, 6) is 0.852. The number of carbonyl (C=O) groups excluding carboxylic acids is 1. The van der Waals surface area contributed by atoms with Crippen LogP contribution in [-0.4, -0.2) is 25.8 Å². The van der Waals surface area contributed by atoms with E-state index >= 15 is 0 Å². The predicted octanol–water partition coefficient (Wildman–Crippen LogP) is 4.12. The zero-order valence-electron chi connectivity index (χ0n) is 16.1. The van der Waals surface area contributed by atoms with E-state index < -0.39 is 0 Å². The van der Waals surface area contributed by atoms with Crippen LogP contribution in [0.25, 0.3) is 21.6 Å². The molecule has 0 aliphatic rings. The number of aryl methyl sites for hydroxylation is 2. The van der Waals surface area contributed by atoms with Crippen molar-refractivity contribution in [2.75, 3.05) is 0 Å². The van der Waals surface area contributed by atoms with E-state index in [1.165, 1.54) is 11.3 Å². The van der Waals surface area contributed by atoms with Gasteiger partial charge in [0.05, 0.1) is 10.6 Å². The smallest absolute Gasteiger partial charge is 0.262 e. The summed E-state index contributed by atoms with van der Waals surface area (Å²) in [7, 11) is 1.88. The Kier molecular flexibility index (Phi) is 4.72. The van der Waals surface area contributed by atoms with Gasteiger partial charge in [0.1, 0.15) is 10.9 Å². The second-order valence-corrected chi connectivity index (χ2v) is 8.09. The summed E-state index contributed by atoms with van der Waals surface area (Å²) < 4.78 is 7.28. The van der Waals surface area contributed by atoms with Crippen molar-refractivity contribution in [2.24, 2.45) is 13.0 Å². The van der Waals surface area contributed by atoms with Gasteiger partial charge in [0.15, 0.2) is 0 Å². The fourth-order valence-corrected chi connectivity index (χ4v) is 4.14. The zero-order valence-corrected chi connectivity index (χ0v) is 16.9. The zero-order chi connectivity index (χ0) is 19.8. The van der Waals surface area contributed by atoms with Crippen molar-refractivity contribution in [2.45, 2.75) is 26.8 Å². The molecule has 28 heavy (non-hydrogen) atoms. The van der Waals surface area contributed by atoms with Gasteiger partial charge in [0, 0.05) is 18.0 Å². The lowest BCUT2D eigenvalue weighted by Crippen LogP contribution is -2.31. The van der Waals surface area contributed by atoms with Gasteiger partial charge in [-0.25, -0.2) is 0 Å². The second-order valence-electron chi connectivity index (χ2n) is 7.06. The molecule has 0 spiro atoms. The number of rotatable bonds is 5. The van der Waals surface area contributed by atoms with Crippen LogP contribution in [0.15, 0.2) is 40.9 Å². The minimum absolute atomic E-state index is 0.0887. The fraction of sp³-hybridized carbons (Fsp3) is 0.300. The molecule has 0 aliphatic heterocycles. The van der Waals surface area contributed by atoms with Gasteiger partial charge in [0.2, 0.25) is 11.7 Å². The van der Waals surface area contributed by atoms with Crippen LogP contribution < -0.4 is 5.32 Å². The van der Waals surface area contributed by atoms with Crippen molar-refractivity contribution in [1.82, 2.24) is 25.2 Å². The van der Waals surface area contributed by atoms with Gasteiger partial charge in [-0.3, -0.25) is 9.48 Å². The number of amides is 1. The first-order valence-corrected chi connectivity index (χ1v) is 9.88. The van der Waals surface area contributed by atoms with Gasteiger partial charge in [-0.05, 0) is 18.9 Å². The van der Waals surface area contributed by atoms with E-state index in [1.807, 2.05) is 64.2 Å². The highest BCUT2D eigenvalue weighted by molar-refractivity contribution is 7.20. The molecule has 3 heterocycles. The van der Waals surface area contributed by atoms with Gasteiger partial charge >= 0.3 is 0 Å². The van der Waals surface area contributed by atoms with Crippen LogP contribution in [0.1, 0.15) is 41.1 Å². The molecule has 0 saturated carbocycles. The number of nitrogens with one attached hydrogen (secondary N) is 1. The van der Waals surface area contributed by atoms with Crippen molar-refractivity contribution < 1.29 is 9.32 Å². The fourth-order valence-electron chi connectivity index (χ4n) is 3.11. The Balaban J connectivity index is 1.59. The van der Waals surface area contributed by atoms with E-state index in [0.717, 1.165) is 21.5 Å². The Hall–Kier alpha value is -3.00. The Bertz CT molecular complexity index is 1090. The van der Waals surface area contributed by atoms with Gasteiger partial charge in [0.25, 0.3) is 5.91 Å². The highest BCUT2D eigenvalue weighted by Gasteiger charge is 2.26. The van der Waals surface area contributed by atoms with Crippen molar-refractivity contribution in [1.29, 1.82) is 0 Å². The summed E-state index contributed by atoms with van der Waals surface area (Å²) >= 11 is 1.43. The van der Waals surface area contributed by atoms with E-state index in [9.17, 15) is 4.79 Å². The first kappa shape index (κ1) is 18.4. The Morgan fingerprint density at radius 3 is 2.68 bits per heavy atom. The lowest BCUT2D eigenvalue weighted by molar-refractivity contribution is 0.0918. The molecule has 4 rings (SSSR count). The number of fused-ring (bicyclic) bond motifs is 1. The average Bonchev–Trinajstić information content (AvgIpc) is 3.38. The third kappa shape index (κ3) is 3.31. The van der Waals surface area contributed by atoms with Gasteiger partial charge in [-0.2, -0.15) is 10.1 Å². The first-order valence-electron chi connectivity index (χ1n) is 9.07. The second kappa shape index (κ2) is 7.20. The van der Waals surface area contributed by atoms with Gasteiger partial charge in [-0.1, -0.05) is 49.3 Å². The molecule has 0 aliphatic carbocycles. The maximum Gasteiger partial charge on any atom is 0.262 e. The average molecular weight is 395 g/mol.